The van der Waals surface area contributed by atoms with Crippen LogP contribution in [-0.2, 0) is 4.79 Å². The number of rotatable bonds is 3. The number of amides is 1. The third-order valence-electron chi connectivity index (χ3n) is 4.41. The summed E-state index contributed by atoms with van der Waals surface area (Å²) in [5, 5.41) is 3.21. The summed E-state index contributed by atoms with van der Waals surface area (Å²) in [6, 6.07) is 4.06. The van der Waals surface area contributed by atoms with Gasteiger partial charge in [0.1, 0.15) is 11.6 Å². The first-order valence-corrected chi connectivity index (χ1v) is 7.01. The first kappa shape index (κ1) is 13.5. The number of benzene rings is 1. The highest BCUT2D eigenvalue weighted by Gasteiger charge is 2.48. The number of hydrogen-bond donors (Lipinski definition) is 1. The van der Waals surface area contributed by atoms with Crippen LogP contribution in [0.15, 0.2) is 18.2 Å². The fourth-order valence-corrected chi connectivity index (χ4v) is 3.06. The van der Waals surface area contributed by atoms with Crippen molar-refractivity contribution >= 4 is 5.91 Å². The van der Waals surface area contributed by atoms with Crippen molar-refractivity contribution in [3.63, 3.8) is 0 Å². The van der Waals surface area contributed by atoms with Crippen LogP contribution in [0.1, 0.15) is 24.3 Å². The van der Waals surface area contributed by atoms with Gasteiger partial charge in [-0.25, -0.2) is 8.78 Å². The van der Waals surface area contributed by atoms with Crippen molar-refractivity contribution in [1.82, 2.24) is 10.2 Å². The van der Waals surface area contributed by atoms with E-state index < -0.39 is 11.6 Å². The molecule has 3 nitrogen and oxygen atoms in total. The molecule has 1 saturated heterocycles. The lowest BCUT2D eigenvalue weighted by atomic mass is 10.1. The summed E-state index contributed by atoms with van der Waals surface area (Å²) in [5.74, 6) is -1.66. The lowest BCUT2D eigenvalue weighted by Gasteiger charge is -2.24. The Bertz CT molecular complexity index is 508. The molecule has 0 bridgehead atoms. The van der Waals surface area contributed by atoms with E-state index in [1.165, 1.54) is 18.2 Å². The van der Waals surface area contributed by atoms with Crippen molar-refractivity contribution in [1.29, 1.82) is 0 Å². The fraction of sp³-hybridized carbons (Fsp3) is 0.533. The Morgan fingerprint density at radius 2 is 2.05 bits per heavy atom. The maximum atomic E-state index is 13.7. The Morgan fingerprint density at radius 3 is 2.65 bits per heavy atom. The van der Waals surface area contributed by atoms with Crippen molar-refractivity contribution < 1.29 is 13.6 Å². The van der Waals surface area contributed by atoms with E-state index in [-0.39, 0.29) is 29.3 Å². The van der Waals surface area contributed by atoms with Crippen molar-refractivity contribution in [3.8, 4) is 0 Å². The van der Waals surface area contributed by atoms with Gasteiger partial charge in [0.25, 0.3) is 0 Å². The highest BCUT2D eigenvalue weighted by atomic mass is 19.1. The van der Waals surface area contributed by atoms with Gasteiger partial charge < -0.3 is 10.2 Å². The highest BCUT2D eigenvalue weighted by Crippen LogP contribution is 2.50. The van der Waals surface area contributed by atoms with Crippen LogP contribution >= 0.6 is 0 Å². The summed E-state index contributed by atoms with van der Waals surface area (Å²) < 4.78 is 27.4. The van der Waals surface area contributed by atoms with Gasteiger partial charge in [-0.1, -0.05) is 6.07 Å². The Labute approximate surface area is 117 Å². The molecule has 0 aromatic heterocycles. The number of hydrogen-bond acceptors (Lipinski definition) is 2. The summed E-state index contributed by atoms with van der Waals surface area (Å²) in [5.41, 5.74) is 0.0730. The molecule has 108 valence electrons. The van der Waals surface area contributed by atoms with Gasteiger partial charge in [0, 0.05) is 37.0 Å². The quantitative estimate of drug-likeness (QED) is 0.917. The highest BCUT2D eigenvalue weighted by molar-refractivity contribution is 5.83. The predicted molar refractivity (Wildman–Crippen MR) is 71.3 cm³/mol. The van der Waals surface area contributed by atoms with Crippen molar-refractivity contribution in [2.24, 2.45) is 5.92 Å². The molecule has 1 aliphatic heterocycles. The topological polar surface area (TPSA) is 32.3 Å². The van der Waals surface area contributed by atoms with E-state index in [1.807, 2.05) is 0 Å². The van der Waals surface area contributed by atoms with Gasteiger partial charge in [0.05, 0.1) is 0 Å². The van der Waals surface area contributed by atoms with Gasteiger partial charge in [0.15, 0.2) is 0 Å². The second-order valence-electron chi connectivity index (χ2n) is 5.68. The SMILES string of the molecule is CN(C(=O)[C@@H]1C[C@@H]1c1c(F)cccc1F)[C@H]1CCNC1. The monoisotopic (exact) mass is 280 g/mol. The molecule has 20 heavy (non-hydrogen) atoms. The van der Waals surface area contributed by atoms with Crippen molar-refractivity contribution in [2.45, 2.75) is 24.8 Å². The van der Waals surface area contributed by atoms with Gasteiger partial charge in [-0.2, -0.15) is 0 Å². The summed E-state index contributed by atoms with van der Waals surface area (Å²) in [7, 11) is 1.78. The Morgan fingerprint density at radius 1 is 1.35 bits per heavy atom. The van der Waals surface area contributed by atoms with E-state index >= 15 is 0 Å². The van der Waals surface area contributed by atoms with Gasteiger partial charge in [0.2, 0.25) is 5.91 Å². The van der Waals surface area contributed by atoms with E-state index in [0.717, 1.165) is 19.5 Å². The second kappa shape index (κ2) is 5.13. The number of likely N-dealkylation sites (N-methyl/N-ethyl adjacent to an activating group) is 1. The molecule has 1 N–H and O–H groups in total. The summed E-state index contributed by atoms with van der Waals surface area (Å²) in [4.78, 5) is 14.1. The third-order valence-corrected chi connectivity index (χ3v) is 4.41. The number of carbonyl (C=O) groups excluding carboxylic acids is 1. The van der Waals surface area contributed by atoms with Crippen molar-refractivity contribution in [3.05, 3.63) is 35.4 Å². The van der Waals surface area contributed by atoms with Crippen molar-refractivity contribution in [2.75, 3.05) is 20.1 Å². The zero-order chi connectivity index (χ0) is 14.3. The zero-order valence-electron chi connectivity index (χ0n) is 11.4. The minimum absolute atomic E-state index is 0.00588. The summed E-state index contributed by atoms with van der Waals surface area (Å²) >= 11 is 0. The smallest absolute Gasteiger partial charge is 0.226 e. The van der Waals surface area contributed by atoms with Crippen LogP contribution in [0.2, 0.25) is 0 Å². The molecular formula is C15H18F2N2O. The van der Waals surface area contributed by atoms with E-state index in [1.54, 1.807) is 11.9 Å². The Kier molecular flexibility index (Phi) is 3.46. The molecule has 1 aromatic carbocycles. The minimum atomic E-state index is -0.546. The molecule has 1 aliphatic carbocycles. The second-order valence-corrected chi connectivity index (χ2v) is 5.68. The van der Waals surface area contributed by atoms with Crippen LogP contribution in [-0.4, -0.2) is 37.0 Å². The molecule has 1 heterocycles. The molecule has 0 radical (unpaired) electrons. The largest absolute Gasteiger partial charge is 0.341 e. The summed E-state index contributed by atoms with van der Waals surface area (Å²) in [6.07, 6.45) is 1.48. The molecule has 1 saturated carbocycles. The first-order chi connectivity index (χ1) is 9.59. The molecule has 0 unspecified atom stereocenters. The lowest BCUT2D eigenvalue weighted by molar-refractivity contribution is -0.133. The molecule has 2 aliphatic rings. The minimum Gasteiger partial charge on any atom is -0.341 e. The predicted octanol–water partition coefficient (Wildman–Crippen LogP) is 1.89. The van der Waals surface area contributed by atoms with Crippen LogP contribution in [0.4, 0.5) is 8.78 Å². The first-order valence-electron chi connectivity index (χ1n) is 7.01. The van der Waals surface area contributed by atoms with Crippen LogP contribution in [0.25, 0.3) is 0 Å². The molecule has 2 fully saturated rings. The van der Waals surface area contributed by atoms with Crippen LogP contribution in [0.5, 0.6) is 0 Å². The molecule has 3 atom stereocenters. The number of nitrogens with one attached hydrogen (secondary N) is 1. The van der Waals surface area contributed by atoms with E-state index in [9.17, 15) is 13.6 Å². The molecule has 1 aromatic rings. The zero-order valence-corrected chi connectivity index (χ0v) is 11.4. The Hall–Kier alpha value is -1.49. The molecular weight excluding hydrogens is 262 g/mol. The number of nitrogens with zero attached hydrogens (tertiary/aromatic N) is 1. The average Bonchev–Trinajstić information content (AvgIpc) is 3.00. The number of halogens is 2. The van der Waals surface area contributed by atoms with Gasteiger partial charge in [-0.15, -0.1) is 0 Å². The molecule has 5 heteroatoms. The average molecular weight is 280 g/mol. The summed E-state index contributed by atoms with van der Waals surface area (Å²) in [6.45, 7) is 1.71. The van der Waals surface area contributed by atoms with Crippen LogP contribution < -0.4 is 5.32 Å². The van der Waals surface area contributed by atoms with Gasteiger partial charge in [-0.05, 0) is 31.5 Å². The molecule has 0 spiro atoms. The maximum absolute atomic E-state index is 13.7. The molecule has 1 amide bonds. The van der Waals surface area contributed by atoms with Gasteiger partial charge >= 0.3 is 0 Å². The standard InChI is InChI=1S/C15H18F2N2O/c1-19(9-5-6-18-8-9)15(20)11-7-10(11)14-12(16)3-2-4-13(14)17/h2-4,9-11,18H,5-8H2,1H3/t9-,10-,11+/m0/s1. The Balaban J connectivity index is 1.70. The van der Waals surface area contributed by atoms with E-state index in [4.69, 9.17) is 0 Å². The van der Waals surface area contributed by atoms with Crippen LogP contribution in [0.3, 0.4) is 0 Å². The van der Waals surface area contributed by atoms with Gasteiger partial charge in [-0.3, -0.25) is 4.79 Å². The maximum Gasteiger partial charge on any atom is 0.226 e. The van der Waals surface area contributed by atoms with E-state index in [0.29, 0.717) is 6.42 Å². The van der Waals surface area contributed by atoms with Crippen LogP contribution in [0, 0.1) is 17.6 Å². The third kappa shape index (κ3) is 2.30. The fourth-order valence-electron chi connectivity index (χ4n) is 3.06. The normalized spacial score (nSPS) is 28.4. The lowest BCUT2D eigenvalue weighted by Crippen LogP contribution is -2.39. The molecule has 3 rings (SSSR count). The van der Waals surface area contributed by atoms with E-state index in [2.05, 4.69) is 5.32 Å². The number of carbonyl (C=O) groups is 1.